The zero-order valence-corrected chi connectivity index (χ0v) is 16.1. The van der Waals surface area contributed by atoms with Gasteiger partial charge in [-0.15, -0.1) is 0 Å². The number of nitrogens with two attached hydrogens (primary N) is 1. The summed E-state index contributed by atoms with van der Waals surface area (Å²) in [4.78, 5) is 0. The summed E-state index contributed by atoms with van der Waals surface area (Å²) in [5.74, 6) is -0.213. The van der Waals surface area contributed by atoms with E-state index in [1.165, 1.54) is 63.5 Å². The highest BCUT2D eigenvalue weighted by Crippen LogP contribution is 2.46. The van der Waals surface area contributed by atoms with Gasteiger partial charge in [0.25, 0.3) is 0 Å². The van der Waals surface area contributed by atoms with Crippen LogP contribution in [0.3, 0.4) is 0 Å². The van der Waals surface area contributed by atoms with Crippen molar-refractivity contribution in [3.63, 3.8) is 0 Å². The molecule has 28 heavy (non-hydrogen) atoms. The van der Waals surface area contributed by atoms with Crippen molar-refractivity contribution in [2.45, 2.75) is 44.9 Å². The Hall–Kier alpha value is -2.28. The number of hydrogen-bond acceptors (Lipinski definition) is 3. The maximum Gasteiger partial charge on any atom is 0.417 e. The minimum absolute atomic E-state index is 0.252. The molecule has 0 saturated carbocycles. The fourth-order valence-electron chi connectivity index (χ4n) is 3.48. The first-order valence-electron chi connectivity index (χ1n) is 8.83. The average molecular weight is 399 g/mol. The Labute approximate surface area is 162 Å². The Kier molecular flexibility index (Phi) is 6.28. The molecule has 1 aliphatic carbocycles. The van der Waals surface area contributed by atoms with E-state index in [0.717, 1.165) is 0 Å². The average Bonchev–Trinajstić information content (AvgIpc) is 2.77. The number of benzene rings is 1. The Morgan fingerprint density at radius 3 is 2.29 bits per heavy atom. The molecule has 0 spiro atoms. The molecule has 0 aliphatic heterocycles. The fraction of sp³-hybridized carbons (Fsp3) is 0.429. The predicted octanol–water partition coefficient (Wildman–Crippen LogP) is 5.23. The summed E-state index contributed by atoms with van der Waals surface area (Å²) in [6.45, 7) is 3.08. The Bertz CT molecular complexity index is 792. The van der Waals surface area contributed by atoms with Crippen LogP contribution in [0.4, 0.5) is 23.2 Å². The number of ether oxygens (including phenoxy) is 1. The molecular formula is C21H25F4NO2. The SMILES string of the molecule is COC1=C(C(C)(C)CC(O)(Cc2ccc(N)cc2)C(F)(F)F)C=C(F)C=CC1. The van der Waals surface area contributed by atoms with Crippen LogP contribution >= 0.6 is 0 Å². The van der Waals surface area contributed by atoms with Gasteiger partial charge < -0.3 is 15.6 Å². The van der Waals surface area contributed by atoms with Crippen LogP contribution in [0.1, 0.15) is 32.3 Å². The topological polar surface area (TPSA) is 55.5 Å². The molecule has 1 aromatic carbocycles. The molecule has 1 aliphatic rings. The van der Waals surface area contributed by atoms with E-state index in [0.29, 0.717) is 17.0 Å². The number of hydrogen-bond donors (Lipinski definition) is 2. The van der Waals surface area contributed by atoms with Gasteiger partial charge in [0.05, 0.1) is 7.11 Å². The highest BCUT2D eigenvalue weighted by molar-refractivity contribution is 5.40. The predicted molar refractivity (Wildman–Crippen MR) is 101 cm³/mol. The minimum Gasteiger partial charge on any atom is -0.500 e. The van der Waals surface area contributed by atoms with Crippen LogP contribution < -0.4 is 5.73 Å². The van der Waals surface area contributed by atoms with Crippen LogP contribution in [-0.4, -0.2) is 24.0 Å². The highest BCUT2D eigenvalue weighted by Gasteiger charge is 2.56. The van der Waals surface area contributed by atoms with Gasteiger partial charge in [-0.05, 0) is 47.3 Å². The van der Waals surface area contributed by atoms with Crippen molar-refractivity contribution in [2.24, 2.45) is 5.41 Å². The zero-order valence-electron chi connectivity index (χ0n) is 16.1. The minimum atomic E-state index is -4.88. The van der Waals surface area contributed by atoms with Gasteiger partial charge in [0.15, 0.2) is 5.60 Å². The molecule has 0 radical (unpaired) electrons. The number of halogens is 4. The second kappa shape index (κ2) is 7.99. The van der Waals surface area contributed by atoms with Crippen LogP contribution in [-0.2, 0) is 11.2 Å². The summed E-state index contributed by atoms with van der Waals surface area (Å²) >= 11 is 0. The number of anilines is 1. The molecule has 0 heterocycles. The van der Waals surface area contributed by atoms with Crippen LogP contribution in [0.2, 0.25) is 0 Å². The largest absolute Gasteiger partial charge is 0.500 e. The number of alkyl halides is 3. The lowest BCUT2D eigenvalue weighted by Crippen LogP contribution is -2.50. The van der Waals surface area contributed by atoms with Crippen LogP contribution in [0.25, 0.3) is 0 Å². The molecule has 1 unspecified atom stereocenters. The second-order valence-corrected chi connectivity index (χ2v) is 7.69. The molecule has 7 heteroatoms. The van der Waals surface area contributed by atoms with Crippen molar-refractivity contribution < 1.29 is 27.4 Å². The van der Waals surface area contributed by atoms with Gasteiger partial charge in [-0.2, -0.15) is 13.2 Å². The van der Waals surface area contributed by atoms with E-state index in [2.05, 4.69) is 0 Å². The second-order valence-electron chi connectivity index (χ2n) is 7.69. The molecule has 0 saturated heterocycles. The molecule has 2 rings (SSSR count). The molecule has 3 nitrogen and oxygen atoms in total. The normalized spacial score (nSPS) is 17.8. The van der Waals surface area contributed by atoms with Crippen molar-refractivity contribution >= 4 is 5.69 Å². The van der Waals surface area contributed by atoms with Gasteiger partial charge in [0.1, 0.15) is 11.6 Å². The smallest absolute Gasteiger partial charge is 0.417 e. The Balaban J connectivity index is 2.43. The molecule has 1 atom stereocenters. The van der Waals surface area contributed by atoms with Gasteiger partial charge in [-0.25, -0.2) is 4.39 Å². The molecule has 0 aromatic heterocycles. The number of allylic oxidation sites excluding steroid dienone is 5. The van der Waals surface area contributed by atoms with Gasteiger partial charge in [0, 0.05) is 18.5 Å². The fourth-order valence-corrected chi connectivity index (χ4v) is 3.48. The first kappa shape index (κ1) is 22.0. The standard InChI is InChI=1S/C21H25F4NO2/c1-19(2,17-11-15(22)5-4-6-18(17)28-3)13-20(27,21(23,24)25)12-14-7-9-16(26)10-8-14/h4-5,7-11,27H,6,12-13,26H2,1-3H3. The molecule has 1 aromatic rings. The lowest BCUT2D eigenvalue weighted by Gasteiger charge is -2.39. The first-order chi connectivity index (χ1) is 12.9. The van der Waals surface area contributed by atoms with Crippen LogP contribution in [0, 0.1) is 5.41 Å². The highest BCUT2D eigenvalue weighted by atomic mass is 19.4. The molecule has 154 valence electrons. The Morgan fingerprint density at radius 2 is 1.75 bits per heavy atom. The lowest BCUT2D eigenvalue weighted by atomic mass is 9.72. The summed E-state index contributed by atoms with van der Waals surface area (Å²) in [5, 5.41) is 10.7. The molecular weight excluding hydrogens is 374 g/mol. The van der Waals surface area contributed by atoms with E-state index < -0.39 is 35.9 Å². The van der Waals surface area contributed by atoms with E-state index >= 15 is 0 Å². The lowest BCUT2D eigenvalue weighted by molar-refractivity contribution is -0.268. The maximum atomic E-state index is 14.0. The summed E-state index contributed by atoms with van der Waals surface area (Å²) in [7, 11) is 1.39. The monoisotopic (exact) mass is 399 g/mol. The number of methoxy groups -OCH3 is 1. The summed E-state index contributed by atoms with van der Waals surface area (Å²) in [6, 6.07) is 5.87. The third-order valence-electron chi connectivity index (χ3n) is 4.88. The first-order valence-corrected chi connectivity index (χ1v) is 8.83. The summed E-state index contributed by atoms with van der Waals surface area (Å²) in [5.41, 5.74) is 2.36. The van der Waals surface area contributed by atoms with Crippen molar-refractivity contribution in [3.05, 3.63) is 65.2 Å². The van der Waals surface area contributed by atoms with E-state index in [1.807, 2.05) is 0 Å². The van der Waals surface area contributed by atoms with E-state index in [-0.39, 0.29) is 12.0 Å². The third kappa shape index (κ3) is 4.95. The molecule has 0 fully saturated rings. The summed E-state index contributed by atoms with van der Waals surface area (Å²) in [6.07, 6.45) is -1.99. The van der Waals surface area contributed by atoms with Crippen molar-refractivity contribution in [3.8, 4) is 0 Å². The molecule has 3 N–H and O–H groups in total. The zero-order chi connectivity index (χ0) is 21.2. The number of aliphatic hydroxyl groups is 1. The van der Waals surface area contributed by atoms with Gasteiger partial charge in [-0.3, -0.25) is 0 Å². The van der Waals surface area contributed by atoms with E-state index in [4.69, 9.17) is 10.5 Å². The molecule has 0 bridgehead atoms. The Morgan fingerprint density at radius 1 is 1.14 bits per heavy atom. The molecule has 0 amide bonds. The van der Waals surface area contributed by atoms with Crippen LogP contribution in [0.5, 0.6) is 0 Å². The maximum absolute atomic E-state index is 14.0. The van der Waals surface area contributed by atoms with E-state index in [1.54, 1.807) is 0 Å². The van der Waals surface area contributed by atoms with Crippen molar-refractivity contribution in [1.29, 1.82) is 0 Å². The number of rotatable bonds is 6. The third-order valence-corrected chi connectivity index (χ3v) is 4.88. The van der Waals surface area contributed by atoms with E-state index in [9.17, 15) is 22.7 Å². The van der Waals surface area contributed by atoms with Crippen LogP contribution in [0.15, 0.2) is 59.7 Å². The van der Waals surface area contributed by atoms with Crippen molar-refractivity contribution in [2.75, 3.05) is 12.8 Å². The van der Waals surface area contributed by atoms with Gasteiger partial charge in [-0.1, -0.05) is 32.1 Å². The van der Waals surface area contributed by atoms with Gasteiger partial charge >= 0.3 is 6.18 Å². The van der Waals surface area contributed by atoms with Gasteiger partial charge in [0.2, 0.25) is 0 Å². The summed E-state index contributed by atoms with van der Waals surface area (Å²) < 4.78 is 60.9. The quantitative estimate of drug-likeness (QED) is 0.508. The number of nitrogen functional groups attached to an aromatic ring is 1. The van der Waals surface area contributed by atoms with Crippen molar-refractivity contribution in [1.82, 2.24) is 0 Å².